The minimum absolute atomic E-state index is 0.0467. The maximum Gasteiger partial charge on any atom is 0.128 e. The number of halogens is 2. The number of nitrogens with zero attached hydrogens (tertiary/aromatic N) is 1. The van der Waals surface area contributed by atoms with Crippen LogP contribution in [0.25, 0.3) is 0 Å². The third kappa shape index (κ3) is 3.10. The average molecular weight is 311 g/mol. The quantitative estimate of drug-likeness (QED) is 0.909. The Bertz CT molecular complexity index is 492. The highest BCUT2D eigenvalue weighted by Crippen LogP contribution is 2.39. The lowest BCUT2D eigenvalue weighted by atomic mass is 9.77. The molecule has 1 aromatic carbocycles. The van der Waals surface area contributed by atoms with Crippen LogP contribution >= 0.6 is 11.6 Å². The van der Waals surface area contributed by atoms with Gasteiger partial charge in [-0.15, -0.1) is 0 Å². The van der Waals surface area contributed by atoms with Gasteiger partial charge < -0.3 is 5.73 Å². The van der Waals surface area contributed by atoms with Crippen LogP contribution in [0.5, 0.6) is 0 Å². The summed E-state index contributed by atoms with van der Waals surface area (Å²) in [6, 6.07) is 5.34. The van der Waals surface area contributed by atoms with E-state index in [1.807, 2.05) is 0 Å². The van der Waals surface area contributed by atoms with E-state index in [1.54, 1.807) is 12.1 Å². The second-order valence-electron chi connectivity index (χ2n) is 6.41. The Hall–Kier alpha value is -0.640. The van der Waals surface area contributed by atoms with Gasteiger partial charge in [0, 0.05) is 23.2 Å². The zero-order valence-corrected chi connectivity index (χ0v) is 13.2. The van der Waals surface area contributed by atoms with Crippen molar-refractivity contribution in [1.82, 2.24) is 4.90 Å². The lowest BCUT2D eigenvalue weighted by Gasteiger charge is -2.47. The molecular formula is C17H24ClFN2. The standard InChI is InChI=1S/C17H24ClFN2/c18-13-7-8-15(19)14(10-13)17(11-20)21-9-3-5-12-4-1-2-6-16(12)21/h7-8,10,12,16-17H,1-6,9,11,20H2/t12-,16-,17?/m1/s1. The Labute approximate surface area is 131 Å². The molecule has 0 aromatic heterocycles. The first kappa shape index (κ1) is 15.3. The van der Waals surface area contributed by atoms with E-state index < -0.39 is 0 Å². The Morgan fingerprint density at radius 1 is 1.24 bits per heavy atom. The fraction of sp³-hybridized carbons (Fsp3) is 0.647. The minimum atomic E-state index is -0.187. The first-order valence-corrected chi connectivity index (χ1v) is 8.49. The van der Waals surface area contributed by atoms with Gasteiger partial charge in [0.15, 0.2) is 0 Å². The predicted molar refractivity (Wildman–Crippen MR) is 84.9 cm³/mol. The fourth-order valence-corrected chi connectivity index (χ4v) is 4.44. The molecule has 21 heavy (non-hydrogen) atoms. The van der Waals surface area contributed by atoms with Crippen LogP contribution in [0.4, 0.5) is 4.39 Å². The SMILES string of the molecule is NCC(c1cc(Cl)ccc1F)N1CCC[C@H]2CCCC[C@H]21. The first-order chi connectivity index (χ1) is 10.2. The predicted octanol–water partition coefficient (Wildman–Crippen LogP) is 4.13. The van der Waals surface area contributed by atoms with Gasteiger partial charge in [0.05, 0.1) is 6.04 Å². The van der Waals surface area contributed by atoms with Crippen molar-refractivity contribution in [3.05, 3.63) is 34.6 Å². The van der Waals surface area contributed by atoms with Crippen molar-refractivity contribution < 1.29 is 4.39 Å². The summed E-state index contributed by atoms with van der Waals surface area (Å²) in [7, 11) is 0. The second-order valence-corrected chi connectivity index (χ2v) is 6.85. The van der Waals surface area contributed by atoms with E-state index in [2.05, 4.69) is 4.90 Å². The fourth-order valence-electron chi connectivity index (χ4n) is 4.26. The van der Waals surface area contributed by atoms with Crippen molar-refractivity contribution in [1.29, 1.82) is 0 Å². The van der Waals surface area contributed by atoms with E-state index in [9.17, 15) is 4.39 Å². The molecule has 1 aromatic rings. The zero-order valence-electron chi connectivity index (χ0n) is 12.4. The van der Waals surface area contributed by atoms with Gasteiger partial charge in [-0.3, -0.25) is 4.90 Å². The molecule has 1 aliphatic heterocycles. The highest BCUT2D eigenvalue weighted by Gasteiger charge is 2.37. The molecule has 0 spiro atoms. The molecule has 0 radical (unpaired) electrons. The van der Waals surface area contributed by atoms with Crippen molar-refractivity contribution in [2.45, 2.75) is 50.6 Å². The molecule has 1 saturated carbocycles. The molecule has 1 unspecified atom stereocenters. The van der Waals surface area contributed by atoms with E-state index in [0.717, 1.165) is 12.5 Å². The molecule has 2 aliphatic rings. The van der Waals surface area contributed by atoms with Crippen LogP contribution in [0.1, 0.15) is 50.1 Å². The third-order valence-electron chi connectivity index (χ3n) is 5.23. The van der Waals surface area contributed by atoms with Crippen LogP contribution < -0.4 is 5.73 Å². The number of nitrogens with two attached hydrogens (primary N) is 1. The van der Waals surface area contributed by atoms with Gasteiger partial charge in [-0.1, -0.05) is 24.4 Å². The topological polar surface area (TPSA) is 29.3 Å². The monoisotopic (exact) mass is 310 g/mol. The number of likely N-dealkylation sites (tertiary alicyclic amines) is 1. The smallest absolute Gasteiger partial charge is 0.128 e. The van der Waals surface area contributed by atoms with Crippen molar-refractivity contribution in [2.75, 3.05) is 13.1 Å². The van der Waals surface area contributed by atoms with E-state index in [4.69, 9.17) is 17.3 Å². The summed E-state index contributed by atoms with van der Waals surface area (Å²) in [5, 5.41) is 0.585. The van der Waals surface area contributed by atoms with Crippen LogP contribution in [-0.2, 0) is 0 Å². The van der Waals surface area contributed by atoms with E-state index in [1.165, 1.54) is 44.6 Å². The molecule has 4 heteroatoms. The van der Waals surface area contributed by atoms with E-state index in [-0.39, 0.29) is 11.9 Å². The van der Waals surface area contributed by atoms with Crippen LogP contribution in [0.3, 0.4) is 0 Å². The van der Waals surface area contributed by atoms with E-state index >= 15 is 0 Å². The van der Waals surface area contributed by atoms with Gasteiger partial charge in [-0.05, 0) is 56.3 Å². The highest BCUT2D eigenvalue weighted by atomic mass is 35.5. The molecule has 1 aliphatic carbocycles. The molecule has 0 amide bonds. The van der Waals surface area contributed by atoms with Crippen molar-refractivity contribution in [3.63, 3.8) is 0 Å². The van der Waals surface area contributed by atoms with Crippen molar-refractivity contribution in [3.8, 4) is 0 Å². The average Bonchev–Trinajstić information content (AvgIpc) is 2.51. The van der Waals surface area contributed by atoms with Gasteiger partial charge in [-0.2, -0.15) is 0 Å². The van der Waals surface area contributed by atoms with Gasteiger partial charge in [0.2, 0.25) is 0 Å². The van der Waals surface area contributed by atoms with Gasteiger partial charge in [0.25, 0.3) is 0 Å². The number of rotatable bonds is 3. The maximum atomic E-state index is 14.2. The number of hydrogen-bond acceptors (Lipinski definition) is 2. The summed E-state index contributed by atoms with van der Waals surface area (Å²) < 4.78 is 14.2. The Balaban J connectivity index is 1.89. The third-order valence-corrected chi connectivity index (χ3v) is 5.46. The number of hydrogen-bond donors (Lipinski definition) is 1. The molecule has 3 atom stereocenters. The molecule has 2 N–H and O–H groups in total. The molecule has 1 heterocycles. The molecule has 0 bridgehead atoms. The number of fused-ring (bicyclic) bond motifs is 1. The Morgan fingerprint density at radius 2 is 2.00 bits per heavy atom. The largest absolute Gasteiger partial charge is 0.329 e. The number of piperidine rings is 1. The molecule has 2 fully saturated rings. The lowest BCUT2D eigenvalue weighted by Crippen LogP contribution is -2.50. The van der Waals surface area contributed by atoms with Gasteiger partial charge >= 0.3 is 0 Å². The summed E-state index contributed by atoms with van der Waals surface area (Å²) in [5.74, 6) is 0.580. The van der Waals surface area contributed by atoms with Gasteiger partial charge in [0.1, 0.15) is 5.82 Å². The number of benzene rings is 1. The minimum Gasteiger partial charge on any atom is -0.329 e. The molecule has 2 nitrogen and oxygen atoms in total. The van der Waals surface area contributed by atoms with Crippen LogP contribution in [-0.4, -0.2) is 24.0 Å². The normalized spacial score (nSPS) is 28.1. The van der Waals surface area contributed by atoms with Crippen molar-refractivity contribution >= 4 is 11.6 Å². The Kier molecular flexibility index (Phi) is 4.82. The van der Waals surface area contributed by atoms with Crippen molar-refractivity contribution in [2.24, 2.45) is 11.7 Å². The highest BCUT2D eigenvalue weighted by molar-refractivity contribution is 6.30. The second kappa shape index (κ2) is 6.64. The van der Waals surface area contributed by atoms with Crippen LogP contribution in [0.2, 0.25) is 5.02 Å². The van der Waals surface area contributed by atoms with E-state index in [0.29, 0.717) is 23.2 Å². The molecule has 116 valence electrons. The Morgan fingerprint density at radius 3 is 2.81 bits per heavy atom. The maximum absolute atomic E-state index is 14.2. The zero-order chi connectivity index (χ0) is 14.8. The summed E-state index contributed by atoms with van der Waals surface area (Å²) in [4.78, 5) is 2.46. The summed E-state index contributed by atoms with van der Waals surface area (Å²) in [6.07, 6.45) is 7.68. The van der Waals surface area contributed by atoms with Crippen LogP contribution in [0, 0.1) is 11.7 Å². The van der Waals surface area contributed by atoms with Gasteiger partial charge in [-0.25, -0.2) is 4.39 Å². The molecular weight excluding hydrogens is 287 g/mol. The summed E-state index contributed by atoms with van der Waals surface area (Å²) in [6.45, 7) is 1.47. The lowest BCUT2D eigenvalue weighted by molar-refractivity contribution is 0.0265. The first-order valence-electron chi connectivity index (χ1n) is 8.11. The molecule has 1 saturated heterocycles. The summed E-state index contributed by atoms with van der Waals surface area (Å²) >= 11 is 6.07. The molecule has 3 rings (SSSR count). The van der Waals surface area contributed by atoms with Crippen LogP contribution in [0.15, 0.2) is 18.2 Å². The summed E-state index contributed by atoms with van der Waals surface area (Å²) in [5.41, 5.74) is 6.69.